The van der Waals surface area contributed by atoms with Gasteiger partial charge in [0.25, 0.3) is 5.91 Å². The van der Waals surface area contributed by atoms with Crippen LogP contribution in [0.15, 0.2) is 30.3 Å². The topological polar surface area (TPSA) is 71.2 Å². The first-order valence-electron chi connectivity index (χ1n) is 7.90. The Kier molecular flexibility index (Phi) is 4.43. The molecule has 6 heteroatoms. The molecule has 2 unspecified atom stereocenters. The maximum atomic E-state index is 13.8. The van der Waals surface area contributed by atoms with Gasteiger partial charge in [-0.1, -0.05) is 18.2 Å². The van der Waals surface area contributed by atoms with Crippen LogP contribution in [0.25, 0.3) is 10.9 Å². The number of anilines is 1. The highest BCUT2D eigenvalue weighted by atomic mass is 19.1. The molecule has 3 N–H and O–H groups in total. The first-order chi connectivity index (χ1) is 11.0. The summed E-state index contributed by atoms with van der Waals surface area (Å²) in [6.07, 6.45) is -0.0337. The first kappa shape index (κ1) is 15.7. The van der Waals surface area contributed by atoms with E-state index in [0.717, 1.165) is 17.3 Å². The number of hydrogen-bond donors (Lipinski definition) is 2. The van der Waals surface area contributed by atoms with E-state index in [1.165, 1.54) is 0 Å². The van der Waals surface area contributed by atoms with Crippen molar-refractivity contribution >= 4 is 22.6 Å². The van der Waals surface area contributed by atoms with Crippen LogP contribution in [0.3, 0.4) is 0 Å². The number of fused-ring (bicyclic) bond motifs is 1. The van der Waals surface area contributed by atoms with Gasteiger partial charge in [-0.3, -0.25) is 4.79 Å². The molecule has 1 saturated heterocycles. The van der Waals surface area contributed by atoms with Crippen LogP contribution in [0.1, 0.15) is 30.1 Å². The van der Waals surface area contributed by atoms with Crippen LogP contribution >= 0.6 is 0 Å². The molecule has 1 aliphatic rings. The fourth-order valence-electron chi connectivity index (χ4n) is 2.92. The predicted molar refractivity (Wildman–Crippen MR) is 89.2 cm³/mol. The van der Waals surface area contributed by atoms with Crippen molar-refractivity contribution in [3.63, 3.8) is 0 Å². The Bertz CT molecular complexity index is 719. The average Bonchev–Trinajstić information content (AvgIpc) is 2.53. The molecule has 3 rings (SSSR count). The number of amides is 1. The zero-order chi connectivity index (χ0) is 16.4. The molecule has 0 saturated carbocycles. The summed E-state index contributed by atoms with van der Waals surface area (Å²) in [5.41, 5.74) is 6.90. The fraction of sp³-hybridized carbons (Fsp3) is 0.412. The van der Waals surface area contributed by atoms with E-state index < -0.39 is 12.3 Å². The Morgan fingerprint density at radius 3 is 3.00 bits per heavy atom. The lowest BCUT2D eigenvalue weighted by molar-refractivity contribution is 0.0941. The van der Waals surface area contributed by atoms with E-state index in [1.54, 1.807) is 13.0 Å². The van der Waals surface area contributed by atoms with Crippen LogP contribution in [-0.4, -0.2) is 36.3 Å². The number of pyridine rings is 1. The lowest BCUT2D eigenvalue weighted by Gasteiger charge is -2.31. The van der Waals surface area contributed by atoms with Crippen LogP contribution in [-0.2, 0) is 0 Å². The number of hydrogen-bond acceptors (Lipinski definition) is 4. The van der Waals surface area contributed by atoms with Gasteiger partial charge in [0.1, 0.15) is 12.0 Å². The summed E-state index contributed by atoms with van der Waals surface area (Å²) in [6, 6.07) is 9.40. The van der Waals surface area contributed by atoms with E-state index in [-0.39, 0.29) is 12.5 Å². The number of para-hydroxylation sites is 1. The van der Waals surface area contributed by atoms with E-state index in [4.69, 9.17) is 5.73 Å². The molecule has 2 heterocycles. The van der Waals surface area contributed by atoms with Crippen molar-refractivity contribution in [1.29, 1.82) is 0 Å². The van der Waals surface area contributed by atoms with Gasteiger partial charge in [-0.05, 0) is 31.9 Å². The molecule has 0 bridgehead atoms. The molecule has 0 spiro atoms. The average molecular weight is 316 g/mol. The third-order valence-corrected chi connectivity index (χ3v) is 3.97. The number of carbonyl (C=O) groups is 1. The summed E-state index contributed by atoms with van der Waals surface area (Å²) in [5, 5.41) is 3.57. The molecule has 0 radical (unpaired) electrons. The number of halogens is 1. The fourth-order valence-corrected chi connectivity index (χ4v) is 2.92. The quantitative estimate of drug-likeness (QED) is 0.852. The summed E-state index contributed by atoms with van der Waals surface area (Å²) in [7, 11) is 0. The van der Waals surface area contributed by atoms with Crippen molar-refractivity contribution in [1.82, 2.24) is 10.3 Å². The molecule has 1 fully saturated rings. The molecule has 2 aromatic rings. The normalized spacial score (nSPS) is 19.6. The number of benzene rings is 1. The molecule has 1 aromatic heterocycles. The van der Waals surface area contributed by atoms with Crippen molar-refractivity contribution in [2.45, 2.75) is 32.1 Å². The standard InChI is InChI=1S/C17H21FN4O/c1-11(19)20-17(23)14-9-12-5-2-3-7-15(12)21-16(14)22-8-4-6-13(18)10-22/h2-3,5,7,9,11,13H,4,6,8,10,19H2,1H3,(H,20,23). The molecule has 23 heavy (non-hydrogen) atoms. The molecule has 122 valence electrons. The SMILES string of the molecule is CC(N)NC(=O)c1cc2ccccc2nc1N1CCCC(F)C1. The Morgan fingerprint density at radius 1 is 1.48 bits per heavy atom. The number of rotatable bonds is 3. The van der Waals surface area contributed by atoms with Crippen molar-refractivity contribution in [2.75, 3.05) is 18.0 Å². The minimum absolute atomic E-state index is 0.268. The highest BCUT2D eigenvalue weighted by Gasteiger charge is 2.25. The molecule has 0 aliphatic carbocycles. The van der Waals surface area contributed by atoms with Crippen molar-refractivity contribution in [3.8, 4) is 0 Å². The van der Waals surface area contributed by atoms with Gasteiger partial charge in [-0.15, -0.1) is 0 Å². The maximum Gasteiger partial charge on any atom is 0.256 e. The van der Waals surface area contributed by atoms with Crippen LogP contribution in [0.2, 0.25) is 0 Å². The number of nitrogens with two attached hydrogens (primary N) is 1. The van der Waals surface area contributed by atoms with E-state index in [2.05, 4.69) is 10.3 Å². The zero-order valence-electron chi connectivity index (χ0n) is 13.1. The second-order valence-electron chi connectivity index (χ2n) is 6.00. The van der Waals surface area contributed by atoms with Gasteiger partial charge in [-0.25, -0.2) is 9.37 Å². The molecular weight excluding hydrogens is 295 g/mol. The van der Waals surface area contributed by atoms with Crippen LogP contribution < -0.4 is 16.0 Å². The summed E-state index contributed by atoms with van der Waals surface area (Å²) in [6.45, 7) is 2.67. The van der Waals surface area contributed by atoms with Crippen molar-refractivity contribution < 1.29 is 9.18 Å². The second kappa shape index (κ2) is 6.50. The minimum atomic E-state index is -0.888. The first-order valence-corrected chi connectivity index (χ1v) is 7.90. The van der Waals surface area contributed by atoms with Crippen LogP contribution in [0.4, 0.5) is 10.2 Å². The van der Waals surface area contributed by atoms with Gasteiger partial charge < -0.3 is 16.0 Å². The predicted octanol–water partition coefficient (Wildman–Crippen LogP) is 2.21. The summed E-state index contributed by atoms with van der Waals surface area (Å²) < 4.78 is 13.8. The van der Waals surface area contributed by atoms with Crippen LogP contribution in [0, 0.1) is 0 Å². The highest BCUT2D eigenvalue weighted by molar-refractivity contribution is 6.02. The minimum Gasteiger partial charge on any atom is -0.353 e. The largest absolute Gasteiger partial charge is 0.353 e. The summed E-state index contributed by atoms with van der Waals surface area (Å²) >= 11 is 0. The third kappa shape index (κ3) is 3.42. The second-order valence-corrected chi connectivity index (χ2v) is 6.00. The van der Waals surface area contributed by atoms with Gasteiger partial charge in [0.15, 0.2) is 0 Å². The van der Waals surface area contributed by atoms with E-state index >= 15 is 0 Å². The van der Waals surface area contributed by atoms with Gasteiger partial charge in [-0.2, -0.15) is 0 Å². The van der Waals surface area contributed by atoms with E-state index in [1.807, 2.05) is 29.2 Å². The molecule has 2 atom stereocenters. The zero-order valence-corrected chi connectivity index (χ0v) is 13.1. The van der Waals surface area contributed by atoms with Crippen LogP contribution in [0.5, 0.6) is 0 Å². The number of piperidine rings is 1. The Balaban J connectivity index is 2.06. The number of nitrogens with zero attached hydrogens (tertiary/aromatic N) is 2. The Labute approximate surface area is 134 Å². The van der Waals surface area contributed by atoms with Crippen molar-refractivity contribution in [2.24, 2.45) is 5.73 Å². The highest BCUT2D eigenvalue weighted by Crippen LogP contribution is 2.27. The molecular formula is C17H21FN4O. The smallest absolute Gasteiger partial charge is 0.256 e. The molecule has 1 aliphatic heterocycles. The Hall–Kier alpha value is -2.21. The Morgan fingerprint density at radius 2 is 2.26 bits per heavy atom. The molecule has 1 aromatic carbocycles. The lowest BCUT2D eigenvalue weighted by atomic mass is 10.1. The third-order valence-electron chi connectivity index (χ3n) is 3.97. The number of alkyl halides is 1. The maximum absolute atomic E-state index is 13.8. The van der Waals surface area contributed by atoms with Gasteiger partial charge in [0.05, 0.1) is 23.8 Å². The van der Waals surface area contributed by atoms with E-state index in [0.29, 0.717) is 24.3 Å². The van der Waals surface area contributed by atoms with Crippen molar-refractivity contribution in [3.05, 3.63) is 35.9 Å². The summed E-state index contributed by atoms with van der Waals surface area (Å²) in [4.78, 5) is 19.0. The summed E-state index contributed by atoms with van der Waals surface area (Å²) in [5.74, 6) is 0.249. The van der Waals surface area contributed by atoms with Gasteiger partial charge in [0, 0.05) is 11.9 Å². The monoisotopic (exact) mass is 316 g/mol. The lowest BCUT2D eigenvalue weighted by Crippen LogP contribution is -2.41. The number of nitrogens with one attached hydrogen (secondary N) is 1. The molecule has 5 nitrogen and oxygen atoms in total. The number of aromatic nitrogens is 1. The number of carbonyl (C=O) groups excluding carboxylic acids is 1. The van der Waals surface area contributed by atoms with Gasteiger partial charge >= 0.3 is 0 Å². The molecule has 1 amide bonds. The van der Waals surface area contributed by atoms with Gasteiger partial charge in [0.2, 0.25) is 0 Å². The van der Waals surface area contributed by atoms with E-state index in [9.17, 15) is 9.18 Å².